The van der Waals surface area contributed by atoms with Crippen LogP contribution in [0.3, 0.4) is 0 Å². The van der Waals surface area contributed by atoms with Crippen LogP contribution in [0.4, 0.5) is 18.9 Å². The summed E-state index contributed by atoms with van der Waals surface area (Å²) in [5, 5.41) is 3.56. The molecule has 0 atom stereocenters. The van der Waals surface area contributed by atoms with Crippen molar-refractivity contribution in [3.8, 4) is 5.75 Å². The van der Waals surface area contributed by atoms with Crippen molar-refractivity contribution in [1.29, 1.82) is 0 Å². The monoisotopic (exact) mass is 302 g/mol. The topological polar surface area (TPSA) is 34.1 Å². The molecule has 0 saturated carbocycles. The second-order valence-corrected chi connectivity index (χ2v) is 4.31. The Labute approximate surface area is 118 Å². The first-order chi connectivity index (χ1) is 9.44. The summed E-state index contributed by atoms with van der Waals surface area (Å²) in [6, 6.07) is 7.24. The van der Waals surface area contributed by atoms with Crippen molar-refractivity contribution in [3.05, 3.63) is 53.3 Å². The van der Waals surface area contributed by atoms with Crippen LogP contribution in [-0.4, -0.2) is 11.3 Å². The van der Waals surface area contributed by atoms with Crippen LogP contribution in [0.5, 0.6) is 5.75 Å². The highest BCUT2D eigenvalue weighted by atomic mass is 35.5. The molecule has 1 N–H and O–H groups in total. The number of benzene rings is 1. The van der Waals surface area contributed by atoms with Crippen molar-refractivity contribution in [2.75, 3.05) is 5.32 Å². The van der Waals surface area contributed by atoms with Crippen LogP contribution in [0.25, 0.3) is 0 Å². The van der Waals surface area contributed by atoms with Gasteiger partial charge in [-0.25, -0.2) is 0 Å². The quantitative estimate of drug-likeness (QED) is 0.917. The Bertz CT molecular complexity index is 573. The first-order valence-corrected chi connectivity index (χ1v) is 6.00. The van der Waals surface area contributed by atoms with Crippen LogP contribution < -0.4 is 10.1 Å². The molecule has 0 amide bonds. The number of ether oxygens (including phenoxy) is 1. The summed E-state index contributed by atoms with van der Waals surface area (Å²) in [4.78, 5) is 3.92. The molecule has 3 nitrogen and oxygen atoms in total. The highest BCUT2D eigenvalue weighted by Crippen LogP contribution is 2.23. The number of nitrogens with one attached hydrogen (secondary N) is 1. The number of aromatic nitrogens is 1. The molecule has 0 bridgehead atoms. The summed E-state index contributed by atoms with van der Waals surface area (Å²) < 4.78 is 39.8. The number of rotatable bonds is 4. The fourth-order valence-electron chi connectivity index (χ4n) is 1.51. The van der Waals surface area contributed by atoms with Gasteiger partial charge in [0.1, 0.15) is 5.75 Å². The minimum absolute atomic E-state index is 0.249. The van der Waals surface area contributed by atoms with E-state index in [0.717, 1.165) is 5.56 Å². The molecule has 106 valence electrons. The predicted octanol–water partition coefficient (Wildman–Crippen LogP) is 4.25. The Kier molecular flexibility index (Phi) is 4.34. The maximum absolute atomic E-state index is 12.0. The van der Waals surface area contributed by atoms with Gasteiger partial charge in [0.15, 0.2) is 0 Å². The Morgan fingerprint density at radius 2 is 1.85 bits per heavy atom. The van der Waals surface area contributed by atoms with Crippen LogP contribution in [0, 0.1) is 0 Å². The third-order valence-electron chi connectivity index (χ3n) is 2.41. The van der Waals surface area contributed by atoms with Gasteiger partial charge in [0.25, 0.3) is 0 Å². The smallest absolute Gasteiger partial charge is 0.406 e. The molecule has 0 aliphatic rings. The fraction of sp³-hybridized carbons (Fsp3) is 0.154. The molecule has 1 aromatic carbocycles. The summed E-state index contributed by atoms with van der Waals surface area (Å²) in [5.41, 5.74) is 1.45. The molecule has 1 heterocycles. The molecule has 2 rings (SSSR count). The molecule has 7 heteroatoms. The molecule has 0 fully saturated rings. The highest BCUT2D eigenvalue weighted by Gasteiger charge is 2.30. The minimum atomic E-state index is -4.68. The van der Waals surface area contributed by atoms with Gasteiger partial charge in [-0.3, -0.25) is 4.98 Å². The number of hydrogen-bond donors (Lipinski definition) is 1. The summed E-state index contributed by atoms with van der Waals surface area (Å²) in [6.07, 6.45) is -1.54. The number of alkyl halides is 3. The Hall–Kier alpha value is -1.95. The fourth-order valence-corrected chi connectivity index (χ4v) is 1.69. The number of halogens is 4. The second-order valence-electron chi connectivity index (χ2n) is 3.90. The summed E-state index contributed by atoms with van der Waals surface area (Å²) >= 11 is 5.94. The van der Waals surface area contributed by atoms with Crippen LogP contribution >= 0.6 is 11.6 Å². The van der Waals surface area contributed by atoms with Gasteiger partial charge in [-0.2, -0.15) is 0 Å². The van der Waals surface area contributed by atoms with E-state index in [1.165, 1.54) is 12.1 Å². The number of anilines is 1. The van der Waals surface area contributed by atoms with Gasteiger partial charge in [0.05, 0.1) is 16.9 Å². The molecule has 20 heavy (non-hydrogen) atoms. The molecule has 0 saturated heterocycles. The first-order valence-electron chi connectivity index (χ1n) is 5.62. The van der Waals surface area contributed by atoms with E-state index in [0.29, 0.717) is 17.3 Å². The molecule has 1 aromatic heterocycles. The average molecular weight is 303 g/mol. The first kappa shape index (κ1) is 14.5. The molecule has 0 aliphatic heterocycles. The van der Waals surface area contributed by atoms with Crippen molar-refractivity contribution in [1.82, 2.24) is 4.98 Å². The lowest BCUT2D eigenvalue weighted by atomic mass is 10.2. The molecule has 0 spiro atoms. The number of hydrogen-bond acceptors (Lipinski definition) is 3. The summed E-state index contributed by atoms with van der Waals surface area (Å²) in [7, 11) is 0. The average Bonchev–Trinajstić information content (AvgIpc) is 2.38. The van der Waals surface area contributed by atoms with Crippen molar-refractivity contribution in [2.24, 2.45) is 0 Å². The predicted molar refractivity (Wildman–Crippen MR) is 69.7 cm³/mol. The lowest BCUT2D eigenvalue weighted by Gasteiger charge is -2.10. The number of nitrogens with zero attached hydrogens (tertiary/aromatic N) is 1. The lowest BCUT2D eigenvalue weighted by molar-refractivity contribution is -0.274. The molecule has 2 aromatic rings. The van der Waals surface area contributed by atoms with E-state index in [4.69, 9.17) is 11.6 Å². The van der Waals surface area contributed by atoms with E-state index in [2.05, 4.69) is 15.0 Å². The van der Waals surface area contributed by atoms with Crippen LogP contribution in [-0.2, 0) is 6.54 Å². The Morgan fingerprint density at radius 1 is 1.15 bits per heavy atom. The SMILES string of the molecule is FC(F)(F)Oc1ccc(CNc2cnccc2Cl)cc1. The largest absolute Gasteiger partial charge is 0.573 e. The van der Waals surface area contributed by atoms with Gasteiger partial charge >= 0.3 is 6.36 Å². The van der Waals surface area contributed by atoms with Gasteiger partial charge in [0, 0.05) is 12.7 Å². The van der Waals surface area contributed by atoms with Crippen molar-refractivity contribution < 1.29 is 17.9 Å². The second kappa shape index (κ2) is 6.00. The van der Waals surface area contributed by atoms with E-state index in [1.54, 1.807) is 30.6 Å². The van der Waals surface area contributed by atoms with Gasteiger partial charge in [-0.05, 0) is 23.8 Å². The molecule has 0 unspecified atom stereocenters. The summed E-state index contributed by atoms with van der Waals surface area (Å²) in [5.74, 6) is -0.249. The minimum Gasteiger partial charge on any atom is -0.406 e. The van der Waals surface area contributed by atoms with E-state index in [-0.39, 0.29) is 5.75 Å². The van der Waals surface area contributed by atoms with E-state index in [1.807, 2.05) is 0 Å². The highest BCUT2D eigenvalue weighted by molar-refractivity contribution is 6.33. The normalized spacial score (nSPS) is 11.2. The Morgan fingerprint density at radius 3 is 2.45 bits per heavy atom. The molecular weight excluding hydrogens is 293 g/mol. The van der Waals surface area contributed by atoms with E-state index >= 15 is 0 Å². The van der Waals surface area contributed by atoms with Crippen molar-refractivity contribution in [2.45, 2.75) is 12.9 Å². The standard InChI is InChI=1S/C13H10ClF3N2O/c14-11-5-6-18-8-12(11)19-7-9-1-3-10(4-2-9)20-13(15,16)17/h1-6,8,19H,7H2. The third-order valence-corrected chi connectivity index (χ3v) is 2.74. The zero-order valence-corrected chi connectivity index (χ0v) is 10.9. The summed E-state index contributed by atoms with van der Waals surface area (Å²) in [6.45, 7) is 0.414. The van der Waals surface area contributed by atoms with Crippen LogP contribution in [0.2, 0.25) is 5.02 Å². The maximum Gasteiger partial charge on any atom is 0.573 e. The lowest BCUT2D eigenvalue weighted by Crippen LogP contribution is -2.17. The van der Waals surface area contributed by atoms with Gasteiger partial charge in [-0.1, -0.05) is 23.7 Å². The van der Waals surface area contributed by atoms with Gasteiger partial charge in [0.2, 0.25) is 0 Å². The maximum atomic E-state index is 12.0. The third kappa shape index (κ3) is 4.31. The number of pyridine rings is 1. The zero-order valence-electron chi connectivity index (χ0n) is 10.1. The van der Waals surface area contributed by atoms with Crippen LogP contribution in [0.1, 0.15) is 5.56 Å². The molecule has 0 aliphatic carbocycles. The zero-order chi connectivity index (χ0) is 14.6. The Balaban J connectivity index is 1.96. The van der Waals surface area contributed by atoms with Gasteiger partial charge in [-0.15, -0.1) is 13.2 Å². The van der Waals surface area contributed by atoms with Crippen molar-refractivity contribution >= 4 is 17.3 Å². The van der Waals surface area contributed by atoms with E-state index in [9.17, 15) is 13.2 Å². The van der Waals surface area contributed by atoms with Gasteiger partial charge < -0.3 is 10.1 Å². The molecule has 0 radical (unpaired) electrons. The van der Waals surface area contributed by atoms with E-state index < -0.39 is 6.36 Å². The van der Waals surface area contributed by atoms with Crippen LogP contribution in [0.15, 0.2) is 42.7 Å². The molecular formula is C13H10ClF3N2O. The van der Waals surface area contributed by atoms with Crippen molar-refractivity contribution in [3.63, 3.8) is 0 Å².